The second-order valence-electron chi connectivity index (χ2n) is 4.77. The van der Waals surface area contributed by atoms with Crippen molar-refractivity contribution in [2.24, 2.45) is 0 Å². The van der Waals surface area contributed by atoms with Crippen LogP contribution in [0.4, 0.5) is 0 Å². The Bertz CT molecular complexity index is 353. The number of nitrogens with one attached hydrogen (secondary N) is 2. The van der Waals surface area contributed by atoms with E-state index in [1.165, 1.54) is 4.88 Å². The summed E-state index contributed by atoms with van der Waals surface area (Å²) in [5, 5.41) is 7.04. The number of ether oxygens (including phenoxy) is 1. The van der Waals surface area contributed by atoms with Crippen LogP contribution in [0.5, 0.6) is 0 Å². The lowest BCUT2D eigenvalue weighted by Gasteiger charge is -2.26. The van der Waals surface area contributed by atoms with Crippen molar-refractivity contribution in [3.05, 3.63) is 21.3 Å². The quantitative estimate of drug-likeness (QED) is 0.843. The minimum Gasteiger partial charge on any atom is -0.379 e. The molecule has 2 atom stereocenters. The van der Waals surface area contributed by atoms with Crippen molar-refractivity contribution in [2.45, 2.75) is 31.8 Å². The third-order valence-electron chi connectivity index (χ3n) is 3.13. The predicted molar refractivity (Wildman–Crippen MR) is 77.7 cm³/mol. The number of rotatable bonds is 6. The van der Waals surface area contributed by atoms with Crippen molar-refractivity contribution in [1.29, 1.82) is 0 Å². The molecular formula is C13H21ClN2OS. The van der Waals surface area contributed by atoms with Crippen LogP contribution in [0, 0.1) is 0 Å². The van der Waals surface area contributed by atoms with Crippen LogP contribution in [0.1, 0.15) is 18.2 Å². The lowest BCUT2D eigenvalue weighted by atomic mass is 10.1. The molecule has 102 valence electrons. The van der Waals surface area contributed by atoms with Gasteiger partial charge in [0.15, 0.2) is 0 Å². The van der Waals surface area contributed by atoms with E-state index in [0.29, 0.717) is 12.1 Å². The number of thiophene rings is 1. The summed E-state index contributed by atoms with van der Waals surface area (Å²) in [6, 6.07) is 5.08. The molecule has 18 heavy (non-hydrogen) atoms. The Balaban J connectivity index is 1.60. The highest BCUT2D eigenvalue weighted by molar-refractivity contribution is 7.16. The van der Waals surface area contributed by atoms with E-state index < -0.39 is 0 Å². The predicted octanol–water partition coefficient (Wildman–Crippen LogP) is 2.30. The normalized spacial score (nSPS) is 22.0. The van der Waals surface area contributed by atoms with Gasteiger partial charge in [0, 0.05) is 30.1 Å². The highest BCUT2D eigenvalue weighted by atomic mass is 35.5. The van der Waals surface area contributed by atoms with E-state index in [1.54, 1.807) is 11.3 Å². The molecule has 2 N–H and O–H groups in total. The van der Waals surface area contributed by atoms with Crippen LogP contribution in [0.25, 0.3) is 0 Å². The molecule has 5 heteroatoms. The van der Waals surface area contributed by atoms with E-state index in [-0.39, 0.29) is 0 Å². The monoisotopic (exact) mass is 288 g/mol. The molecule has 3 nitrogen and oxygen atoms in total. The number of hydrogen-bond donors (Lipinski definition) is 2. The molecule has 1 aromatic heterocycles. The molecule has 0 amide bonds. The minimum absolute atomic E-state index is 0.498. The SMILES string of the molecule is CC(CC1COCCN1)NCCc1ccc(Cl)s1. The highest BCUT2D eigenvalue weighted by Gasteiger charge is 2.15. The van der Waals surface area contributed by atoms with Gasteiger partial charge >= 0.3 is 0 Å². The molecule has 1 aliphatic heterocycles. The summed E-state index contributed by atoms with van der Waals surface area (Å²) < 4.78 is 6.33. The Morgan fingerprint density at radius 1 is 1.61 bits per heavy atom. The Labute approximate surface area is 118 Å². The second-order valence-corrected chi connectivity index (χ2v) is 6.57. The van der Waals surface area contributed by atoms with Gasteiger partial charge in [-0.2, -0.15) is 0 Å². The molecule has 0 aliphatic carbocycles. The van der Waals surface area contributed by atoms with Gasteiger partial charge in [-0.15, -0.1) is 11.3 Å². The van der Waals surface area contributed by atoms with Crippen LogP contribution in [0.2, 0.25) is 4.34 Å². The maximum atomic E-state index is 5.91. The van der Waals surface area contributed by atoms with E-state index in [9.17, 15) is 0 Å². The average molecular weight is 289 g/mol. The fraction of sp³-hybridized carbons (Fsp3) is 0.692. The Morgan fingerprint density at radius 2 is 2.50 bits per heavy atom. The first-order chi connectivity index (χ1) is 8.74. The van der Waals surface area contributed by atoms with Gasteiger partial charge in [0.05, 0.1) is 17.6 Å². The van der Waals surface area contributed by atoms with Gasteiger partial charge in [-0.05, 0) is 31.9 Å². The number of hydrogen-bond acceptors (Lipinski definition) is 4. The summed E-state index contributed by atoms with van der Waals surface area (Å²) in [5.74, 6) is 0. The smallest absolute Gasteiger partial charge is 0.0931 e. The largest absolute Gasteiger partial charge is 0.379 e. The molecule has 0 saturated carbocycles. The molecular weight excluding hydrogens is 268 g/mol. The molecule has 2 rings (SSSR count). The van der Waals surface area contributed by atoms with Crippen LogP contribution in [-0.2, 0) is 11.2 Å². The fourth-order valence-corrected chi connectivity index (χ4v) is 3.30. The molecule has 2 unspecified atom stereocenters. The average Bonchev–Trinajstić information content (AvgIpc) is 2.76. The van der Waals surface area contributed by atoms with Gasteiger partial charge in [-0.3, -0.25) is 0 Å². The van der Waals surface area contributed by atoms with Crippen LogP contribution in [-0.4, -0.2) is 38.4 Å². The van der Waals surface area contributed by atoms with Crippen molar-refractivity contribution < 1.29 is 4.74 Å². The first kappa shape index (κ1) is 14.3. The van der Waals surface area contributed by atoms with Crippen molar-refractivity contribution in [3.8, 4) is 0 Å². The number of morpholine rings is 1. The molecule has 0 bridgehead atoms. The van der Waals surface area contributed by atoms with Crippen LogP contribution in [0.3, 0.4) is 0 Å². The zero-order chi connectivity index (χ0) is 12.8. The van der Waals surface area contributed by atoms with Gasteiger partial charge in [0.25, 0.3) is 0 Å². The third-order valence-corrected chi connectivity index (χ3v) is 4.42. The summed E-state index contributed by atoms with van der Waals surface area (Å²) >= 11 is 7.57. The molecule has 1 fully saturated rings. The topological polar surface area (TPSA) is 33.3 Å². The van der Waals surface area contributed by atoms with Crippen molar-refractivity contribution >= 4 is 22.9 Å². The fourth-order valence-electron chi connectivity index (χ4n) is 2.21. The molecule has 0 spiro atoms. The van der Waals surface area contributed by atoms with Crippen LogP contribution < -0.4 is 10.6 Å². The van der Waals surface area contributed by atoms with Crippen molar-refractivity contribution in [1.82, 2.24) is 10.6 Å². The maximum Gasteiger partial charge on any atom is 0.0931 e. The number of halogens is 1. The van der Waals surface area contributed by atoms with E-state index >= 15 is 0 Å². The van der Waals surface area contributed by atoms with Gasteiger partial charge in [0.2, 0.25) is 0 Å². The van der Waals surface area contributed by atoms with Gasteiger partial charge in [0.1, 0.15) is 0 Å². The molecule has 0 aromatic carbocycles. The van der Waals surface area contributed by atoms with Gasteiger partial charge in [-0.1, -0.05) is 11.6 Å². The maximum absolute atomic E-state index is 5.91. The molecule has 2 heterocycles. The van der Waals surface area contributed by atoms with Crippen LogP contribution in [0.15, 0.2) is 12.1 Å². The Morgan fingerprint density at radius 3 is 3.17 bits per heavy atom. The standard InChI is InChI=1S/C13H21ClN2OS/c1-10(8-11-9-17-7-6-16-11)15-5-4-12-2-3-13(14)18-12/h2-3,10-11,15-16H,4-9H2,1H3. The van der Waals surface area contributed by atoms with E-state index in [1.807, 2.05) is 6.07 Å². The minimum atomic E-state index is 0.498. The summed E-state index contributed by atoms with van der Waals surface area (Å²) in [4.78, 5) is 1.35. The molecule has 1 aliphatic rings. The molecule has 1 saturated heterocycles. The zero-order valence-corrected chi connectivity index (χ0v) is 12.3. The molecule has 1 aromatic rings. The van der Waals surface area contributed by atoms with Crippen molar-refractivity contribution in [3.63, 3.8) is 0 Å². The van der Waals surface area contributed by atoms with Crippen molar-refractivity contribution in [2.75, 3.05) is 26.3 Å². The summed E-state index contributed by atoms with van der Waals surface area (Å²) in [7, 11) is 0. The first-order valence-corrected chi connectivity index (χ1v) is 7.72. The molecule has 0 radical (unpaired) electrons. The first-order valence-electron chi connectivity index (χ1n) is 6.53. The highest BCUT2D eigenvalue weighted by Crippen LogP contribution is 2.21. The Hall–Kier alpha value is -0.130. The van der Waals surface area contributed by atoms with E-state index in [2.05, 4.69) is 23.6 Å². The van der Waals surface area contributed by atoms with Crippen LogP contribution >= 0.6 is 22.9 Å². The zero-order valence-electron chi connectivity index (χ0n) is 10.7. The summed E-state index contributed by atoms with van der Waals surface area (Å²) in [5.41, 5.74) is 0. The second kappa shape index (κ2) is 7.46. The van der Waals surface area contributed by atoms with Gasteiger partial charge < -0.3 is 15.4 Å². The van der Waals surface area contributed by atoms with Gasteiger partial charge in [-0.25, -0.2) is 0 Å². The lowest BCUT2D eigenvalue weighted by Crippen LogP contribution is -2.45. The third kappa shape index (κ3) is 4.86. The summed E-state index contributed by atoms with van der Waals surface area (Å²) in [6.45, 7) is 5.90. The summed E-state index contributed by atoms with van der Waals surface area (Å²) in [6.07, 6.45) is 2.17. The Kier molecular flexibility index (Phi) is 5.92. The van der Waals surface area contributed by atoms with E-state index in [0.717, 1.165) is 43.5 Å². The van der Waals surface area contributed by atoms with E-state index in [4.69, 9.17) is 16.3 Å². The lowest BCUT2D eigenvalue weighted by molar-refractivity contribution is 0.0713.